The van der Waals surface area contributed by atoms with Crippen LogP contribution in [0.25, 0.3) is 5.69 Å². The second kappa shape index (κ2) is 8.73. The largest absolute Gasteiger partial charge is 0.453 e. The maximum absolute atomic E-state index is 14.1. The van der Waals surface area contributed by atoms with E-state index in [-0.39, 0.29) is 12.2 Å². The Morgan fingerprint density at radius 3 is 2.43 bits per heavy atom. The number of amides is 2. The Labute approximate surface area is 171 Å². The van der Waals surface area contributed by atoms with E-state index in [9.17, 15) is 18.4 Å². The van der Waals surface area contributed by atoms with Crippen LogP contribution < -0.4 is 10.6 Å². The van der Waals surface area contributed by atoms with Gasteiger partial charge in [-0.3, -0.25) is 4.79 Å². The molecule has 0 aliphatic heterocycles. The number of hydrogen-bond donors (Lipinski definition) is 2. The summed E-state index contributed by atoms with van der Waals surface area (Å²) >= 11 is 0. The van der Waals surface area contributed by atoms with Crippen LogP contribution in [0.1, 0.15) is 27.3 Å². The average molecular weight is 414 g/mol. The van der Waals surface area contributed by atoms with Gasteiger partial charge >= 0.3 is 6.09 Å². The lowest BCUT2D eigenvalue weighted by molar-refractivity contribution is 0.102. The maximum atomic E-state index is 14.1. The summed E-state index contributed by atoms with van der Waals surface area (Å²) in [6, 6.07) is 10.1. The molecule has 156 valence electrons. The number of ether oxygens (including phenoxy) is 1. The van der Waals surface area contributed by atoms with E-state index in [1.165, 1.54) is 17.9 Å². The van der Waals surface area contributed by atoms with Crippen molar-refractivity contribution in [3.63, 3.8) is 0 Å². The fourth-order valence-corrected chi connectivity index (χ4v) is 3.00. The van der Waals surface area contributed by atoms with Crippen LogP contribution in [0.2, 0.25) is 0 Å². The molecule has 0 radical (unpaired) electrons. The quantitative estimate of drug-likeness (QED) is 0.664. The number of nitrogens with one attached hydrogen (secondary N) is 2. The molecule has 1 heterocycles. The Hall–Kier alpha value is -3.75. The first-order chi connectivity index (χ1) is 14.3. The Bertz CT molecular complexity index is 1090. The number of rotatable bonds is 5. The summed E-state index contributed by atoms with van der Waals surface area (Å²) in [6.07, 6.45) is -0.534. The Morgan fingerprint density at radius 1 is 1.10 bits per heavy atom. The highest BCUT2D eigenvalue weighted by atomic mass is 19.1. The number of aromatic nitrogens is 2. The van der Waals surface area contributed by atoms with Gasteiger partial charge in [0, 0.05) is 18.3 Å². The zero-order valence-corrected chi connectivity index (χ0v) is 16.6. The number of methoxy groups -OCH3 is 1. The van der Waals surface area contributed by atoms with E-state index in [4.69, 9.17) is 0 Å². The molecule has 3 rings (SSSR count). The molecule has 2 N–H and O–H groups in total. The summed E-state index contributed by atoms with van der Waals surface area (Å²) in [4.78, 5) is 23.9. The van der Waals surface area contributed by atoms with Crippen molar-refractivity contribution in [2.45, 2.75) is 20.4 Å². The zero-order chi connectivity index (χ0) is 21.8. The van der Waals surface area contributed by atoms with Crippen molar-refractivity contribution in [2.24, 2.45) is 0 Å². The van der Waals surface area contributed by atoms with Crippen molar-refractivity contribution in [3.8, 4) is 5.69 Å². The summed E-state index contributed by atoms with van der Waals surface area (Å²) in [7, 11) is 1.28. The summed E-state index contributed by atoms with van der Waals surface area (Å²) in [5.41, 5.74) is 2.56. The molecule has 0 fully saturated rings. The minimum Gasteiger partial charge on any atom is -0.453 e. The molecule has 0 bridgehead atoms. The summed E-state index contributed by atoms with van der Waals surface area (Å²) in [5, 5.41) is 9.57. The third-order valence-electron chi connectivity index (χ3n) is 4.49. The number of nitrogens with zero attached hydrogens (tertiary/aromatic N) is 2. The molecule has 0 aliphatic carbocycles. The fourth-order valence-electron chi connectivity index (χ4n) is 3.00. The zero-order valence-electron chi connectivity index (χ0n) is 16.6. The van der Waals surface area contributed by atoms with Crippen molar-refractivity contribution in [3.05, 3.63) is 76.6 Å². The van der Waals surface area contributed by atoms with E-state index < -0.39 is 23.6 Å². The Balaban J connectivity index is 1.77. The standard InChI is InChI=1S/C21H20F2N4O3/c1-12-19(13(2)27(26-12)18-9-6-15(22)10-17(18)23)20(28)25-16-7-4-14(5-8-16)11-24-21(29)30-3/h4-10H,11H2,1-3H3,(H,24,29)(H,25,28). The Kier molecular flexibility index (Phi) is 6.10. The summed E-state index contributed by atoms with van der Waals surface area (Å²) < 4.78 is 33.1. The molecule has 30 heavy (non-hydrogen) atoms. The molecule has 0 aliphatic rings. The minimum absolute atomic E-state index is 0.0542. The summed E-state index contributed by atoms with van der Waals surface area (Å²) in [6.45, 7) is 3.57. The van der Waals surface area contributed by atoms with Crippen LogP contribution in [0.5, 0.6) is 0 Å². The number of benzene rings is 2. The molecular weight excluding hydrogens is 394 g/mol. The number of anilines is 1. The maximum Gasteiger partial charge on any atom is 0.407 e. The lowest BCUT2D eigenvalue weighted by Crippen LogP contribution is -2.22. The lowest BCUT2D eigenvalue weighted by Gasteiger charge is -2.09. The van der Waals surface area contributed by atoms with Crippen LogP contribution in [0, 0.1) is 25.5 Å². The van der Waals surface area contributed by atoms with Gasteiger partial charge in [0.05, 0.1) is 24.1 Å². The van der Waals surface area contributed by atoms with Gasteiger partial charge in [-0.15, -0.1) is 0 Å². The number of alkyl carbamates (subject to hydrolysis) is 1. The number of carbonyl (C=O) groups is 2. The van der Waals surface area contributed by atoms with Gasteiger partial charge in [-0.2, -0.15) is 5.10 Å². The van der Waals surface area contributed by atoms with Crippen LogP contribution in [0.4, 0.5) is 19.3 Å². The van der Waals surface area contributed by atoms with Crippen LogP contribution in [-0.2, 0) is 11.3 Å². The predicted molar refractivity (Wildman–Crippen MR) is 107 cm³/mol. The van der Waals surface area contributed by atoms with Gasteiger partial charge in [0.25, 0.3) is 5.91 Å². The van der Waals surface area contributed by atoms with Crippen molar-refractivity contribution in [1.82, 2.24) is 15.1 Å². The fraction of sp³-hybridized carbons (Fsp3) is 0.190. The third kappa shape index (κ3) is 4.45. The second-order valence-corrected chi connectivity index (χ2v) is 6.55. The van der Waals surface area contributed by atoms with Crippen molar-refractivity contribution < 1.29 is 23.1 Å². The van der Waals surface area contributed by atoms with Gasteiger partial charge in [0.2, 0.25) is 0 Å². The number of carbonyl (C=O) groups excluding carboxylic acids is 2. The van der Waals surface area contributed by atoms with Crippen LogP contribution >= 0.6 is 0 Å². The first-order valence-corrected chi connectivity index (χ1v) is 9.04. The number of aryl methyl sites for hydroxylation is 1. The smallest absolute Gasteiger partial charge is 0.407 e. The highest BCUT2D eigenvalue weighted by molar-refractivity contribution is 6.06. The average Bonchev–Trinajstić information content (AvgIpc) is 3.01. The molecule has 2 aromatic carbocycles. The summed E-state index contributed by atoms with van der Waals surface area (Å²) in [5.74, 6) is -1.87. The highest BCUT2D eigenvalue weighted by Crippen LogP contribution is 2.22. The molecule has 0 spiro atoms. The molecule has 9 heteroatoms. The van der Waals surface area contributed by atoms with E-state index in [0.717, 1.165) is 17.7 Å². The minimum atomic E-state index is -0.774. The Morgan fingerprint density at radius 2 is 1.80 bits per heavy atom. The van der Waals surface area contributed by atoms with Gasteiger partial charge in [-0.05, 0) is 43.7 Å². The molecule has 0 unspecified atom stereocenters. The number of hydrogen-bond acceptors (Lipinski definition) is 4. The molecule has 3 aromatic rings. The van der Waals surface area contributed by atoms with E-state index in [1.54, 1.807) is 38.1 Å². The normalized spacial score (nSPS) is 10.6. The van der Waals surface area contributed by atoms with E-state index in [2.05, 4.69) is 20.5 Å². The van der Waals surface area contributed by atoms with Gasteiger partial charge < -0.3 is 15.4 Å². The topological polar surface area (TPSA) is 85.2 Å². The monoisotopic (exact) mass is 414 g/mol. The first-order valence-electron chi connectivity index (χ1n) is 9.04. The van der Waals surface area contributed by atoms with Gasteiger partial charge in [0.15, 0.2) is 5.82 Å². The second-order valence-electron chi connectivity index (χ2n) is 6.55. The van der Waals surface area contributed by atoms with E-state index in [0.29, 0.717) is 22.6 Å². The lowest BCUT2D eigenvalue weighted by atomic mass is 10.1. The predicted octanol–water partition coefficient (Wildman–Crippen LogP) is 3.88. The van der Waals surface area contributed by atoms with E-state index >= 15 is 0 Å². The van der Waals surface area contributed by atoms with Crippen LogP contribution in [0.3, 0.4) is 0 Å². The van der Waals surface area contributed by atoms with Crippen LogP contribution in [0.15, 0.2) is 42.5 Å². The molecule has 1 aromatic heterocycles. The van der Waals surface area contributed by atoms with Crippen molar-refractivity contribution >= 4 is 17.7 Å². The van der Waals surface area contributed by atoms with Gasteiger partial charge in [-0.25, -0.2) is 18.3 Å². The molecule has 0 atom stereocenters. The molecule has 0 saturated heterocycles. The van der Waals surface area contributed by atoms with E-state index in [1.807, 2.05) is 0 Å². The van der Waals surface area contributed by atoms with Crippen molar-refractivity contribution in [2.75, 3.05) is 12.4 Å². The number of halogens is 2. The SMILES string of the molecule is COC(=O)NCc1ccc(NC(=O)c2c(C)nn(-c3ccc(F)cc3F)c2C)cc1. The third-order valence-corrected chi connectivity index (χ3v) is 4.49. The molecule has 2 amide bonds. The van der Waals surface area contributed by atoms with Gasteiger partial charge in [-0.1, -0.05) is 12.1 Å². The first kappa shape index (κ1) is 21.0. The van der Waals surface area contributed by atoms with Gasteiger partial charge in [0.1, 0.15) is 11.5 Å². The highest BCUT2D eigenvalue weighted by Gasteiger charge is 2.21. The molecule has 7 nitrogen and oxygen atoms in total. The molecule has 0 saturated carbocycles. The van der Waals surface area contributed by atoms with Crippen LogP contribution in [-0.4, -0.2) is 28.9 Å². The molecular formula is C21H20F2N4O3. The van der Waals surface area contributed by atoms with Crippen molar-refractivity contribution in [1.29, 1.82) is 0 Å².